The van der Waals surface area contributed by atoms with Crippen molar-refractivity contribution < 1.29 is 17.6 Å². The van der Waals surface area contributed by atoms with E-state index in [1.54, 1.807) is 24.3 Å². The Hall–Kier alpha value is -4.10. The van der Waals surface area contributed by atoms with E-state index in [2.05, 4.69) is 10.0 Å². The Morgan fingerprint density at radius 1 is 0.824 bits per heavy atom. The van der Waals surface area contributed by atoms with Crippen LogP contribution in [0.1, 0.15) is 21.7 Å². The summed E-state index contributed by atoms with van der Waals surface area (Å²) in [5.74, 6) is -0.233. The van der Waals surface area contributed by atoms with Crippen LogP contribution in [0.15, 0.2) is 94.2 Å². The van der Waals surface area contributed by atoms with Gasteiger partial charge in [0.2, 0.25) is 0 Å². The average molecular weight is 471 g/mol. The molecule has 6 nitrogen and oxygen atoms in total. The molecule has 1 aromatic heterocycles. The van der Waals surface area contributed by atoms with Crippen LogP contribution in [0.2, 0.25) is 0 Å². The third-order valence-corrected chi connectivity index (χ3v) is 7.08. The first kappa shape index (κ1) is 21.7. The Bertz CT molecular complexity index is 1650. The maximum atomic E-state index is 12.8. The molecule has 0 aliphatic carbocycles. The van der Waals surface area contributed by atoms with Crippen molar-refractivity contribution in [3.63, 3.8) is 0 Å². The number of sulfonamides is 1. The van der Waals surface area contributed by atoms with Gasteiger partial charge in [0.15, 0.2) is 5.76 Å². The topological polar surface area (TPSA) is 88.4 Å². The van der Waals surface area contributed by atoms with Gasteiger partial charge in [0.1, 0.15) is 5.58 Å². The third-order valence-electron chi connectivity index (χ3n) is 5.70. The van der Waals surface area contributed by atoms with Crippen LogP contribution in [-0.2, 0) is 10.0 Å². The van der Waals surface area contributed by atoms with Crippen molar-refractivity contribution in [2.75, 3.05) is 10.0 Å². The van der Waals surface area contributed by atoms with Crippen molar-refractivity contribution in [2.45, 2.75) is 18.7 Å². The molecule has 170 valence electrons. The highest BCUT2D eigenvalue weighted by Crippen LogP contribution is 2.29. The van der Waals surface area contributed by atoms with E-state index in [4.69, 9.17) is 4.42 Å². The maximum Gasteiger partial charge on any atom is 0.291 e. The first-order chi connectivity index (χ1) is 16.3. The number of rotatable bonds is 5. The SMILES string of the molecule is Cc1ccc(NS(=O)(=O)c2ccc(NC(=O)c3cc4c(ccc5ccccc54)o3)cc2)c(C)c1. The van der Waals surface area contributed by atoms with Gasteiger partial charge in [-0.3, -0.25) is 9.52 Å². The van der Waals surface area contributed by atoms with Crippen LogP contribution in [0.4, 0.5) is 11.4 Å². The van der Waals surface area contributed by atoms with E-state index in [1.165, 1.54) is 12.1 Å². The number of nitrogens with one attached hydrogen (secondary N) is 2. The summed E-state index contributed by atoms with van der Waals surface area (Å²) in [6, 6.07) is 24.9. The zero-order valence-electron chi connectivity index (χ0n) is 18.6. The average Bonchev–Trinajstić information content (AvgIpc) is 3.27. The molecular weight excluding hydrogens is 448 g/mol. The van der Waals surface area contributed by atoms with Gasteiger partial charge in [-0.05, 0) is 72.6 Å². The Morgan fingerprint density at radius 3 is 2.35 bits per heavy atom. The summed E-state index contributed by atoms with van der Waals surface area (Å²) in [7, 11) is -3.77. The zero-order valence-corrected chi connectivity index (χ0v) is 19.4. The molecule has 0 bridgehead atoms. The van der Waals surface area contributed by atoms with Crippen LogP contribution in [0.5, 0.6) is 0 Å². The van der Waals surface area contributed by atoms with Crippen molar-refractivity contribution in [3.8, 4) is 0 Å². The predicted octanol–water partition coefficient (Wildman–Crippen LogP) is 6.26. The Morgan fingerprint density at radius 2 is 1.59 bits per heavy atom. The lowest BCUT2D eigenvalue weighted by molar-refractivity contribution is 0.0998. The van der Waals surface area contributed by atoms with Gasteiger partial charge in [0.05, 0.1) is 10.6 Å². The molecular formula is C27H22N2O4S. The minimum atomic E-state index is -3.77. The second-order valence-electron chi connectivity index (χ2n) is 8.21. The molecule has 0 saturated carbocycles. The van der Waals surface area contributed by atoms with Crippen LogP contribution in [0.3, 0.4) is 0 Å². The van der Waals surface area contributed by atoms with Gasteiger partial charge in [0.25, 0.3) is 15.9 Å². The van der Waals surface area contributed by atoms with Crippen LogP contribution in [0, 0.1) is 13.8 Å². The monoisotopic (exact) mass is 470 g/mol. The van der Waals surface area contributed by atoms with Crippen molar-refractivity contribution in [3.05, 3.63) is 102 Å². The molecule has 7 heteroatoms. The molecule has 0 aliphatic heterocycles. The lowest BCUT2D eigenvalue weighted by Gasteiger charge is -2.12. The molecule has 2 N–H and O–H groups in total. The lowest BCUT2D eigenvalue weighted by atomic mass is 10.1. The fourth-order valence-corrected chi connectivity index (χ4v) is 5.08. The lowest BCUT2D eigenvalue weighted by Crippen LogP contribution is -2.14. The minimum absolute atomic E-state index is 0.0979. The van der Waals surface area contributed by atoms with Crippen LogP contribution < -0.4 is 10.0 Å². The molecule has 0 radical (unpaired) electrons. The molecule has 0 saturated heterocycles. The quantitative estimate of drug-likeness (QED) is 0.317. The standard InChI is InChI=1S/C27H22N2O4S/c1-17-7-13-24(18(2)15-17)29-34(31,32)21-11-9-20(10-12-21)28-27(30)26-16-23-22-6-4-3-5-19(22)8-14-25(23)33-26/h3-16,29H,1-2H3,(H,28,30). The molecule has 0 aliphatic rings. The number of hydrogen-bond acceptors (Lipinski definition) is 4. The number of anilines is 2. The zero-order chi connectivity index (χ0) is 23.9. The Kier molecular flexibility index (Phi) is 5.34. The van der Waals surface area contributed by atoms with Gasteiger partial charge in [-0.1, -0.05) is 48.0 Å². The van der Waals surface area contributed by atoms with Crippen LogP contribution in [0.25, 0.3) is 21.7 Å². The fourth-order valence-electron chi connectivity index (χ4n) is 3.95. The van der Waals surface area contributed by atoms with Crippen molar-refractivity contribution >= 4 is 49.0 Å². The summed E-state index contributed by atoms with van der Waals surface area (Å²) in [6.07, 6.45) is 0. The van der Waals surface area contributed by atoms with Crippen molar-refractivity contribution in [1.82, 2.24) is 0 Å². The smallest absolute Gasteiger partial charge is 0.291 e. The number of carbonyl (C=O) groups excluding carboxylic acids is 1. The number of amides is 1. The number of fused-ring (bicyclic) bond motifs is 3. The summed E-state index contributed by atoms with van der Waals surface area (Å²) in [5, 5.41) is 5.70. The number of hydrogen-bond donors (Lipinski definition) is 2. The Balaban J connectivity index is 1.34. The number of aryl methyl sites for hydroxylation is 2. The number of benzene rings is 4. The summed E-state index contributed by atoms with van der Waals surface area (Å²) in [6.45, 7) is 3.80. The van der Waals surface area contributed by atoms with Gasteiger partial charge in [0, 0.05) is 11.1 Å². The molecule has 0 spiro atoms. The summed E-state index contributed by atoms with van der Waals surface area (Å²) >= 11 is 0. The summed E-state index contributed by atoms with van der Waals surface area (Å²) < 4.78 is 33.9. The predicted molar refractivity (Wildman–Crippen MR) is 135 cm³/mol. The van der Waals surface area contributed by atoms with E-state index >= 15 is 0 Å². The van der Waals surface area contributed by atoms with E-state index in [0.717, 1.165) is 27.3 Å². The van der Waals surface area contributed by atoms with Gasteiger partial charge in [-0.25, -0.2) is 8.42 Å². The maximum absolute atomic E-state index is 12.8. The van der Waals surface area contributed by atoms with E-state index < -0.39 is 15.9 Å². The van der Waals surface area contributed by atoms with E-state index in [9.17, 15) is 13.2 Å². The van der Waals surface area contributed by atoms with Gasteiger partial charge < -0.3 is 9.73 Å². The summed E-state index contributed by atoms with van der Waals surface area (Å²) in [5.41, 5.74) is 3.51. The molecule has 0 atom stereocenters. The molecule has 0 fully saturated rings. The van der Waals surface area contributed by atoms with Gasteiger partial charge in [-0.15, -0.1) is 0 Å². The number of furan rings is 1. The van der Waals surface area contributed by atoms with Crippen LogP contribution in [-0.4, -0.2) is 14.3 Å². The molecule has 34 heavy (non-hydrogen) atoms. The van der Waals surface area contributed by atoms with E-state index in [-0.39, 0.29) is 10.7 Å². The van der Waals surface area contributed by atoms with Gasteiger partial charge in [-0.2, -0.15) is 0 Å². The van der Waals surface area contributed by atoms with E-state index in [1.807, 2.05) is 62.4 Å². The first-order valence-electron chi connectivity index (χ1n) is 10.7. The van der Waals surface area contributed by atoms with E-state index in [0.29, 0.717) is 17.0 Å². The van der Waals surface area contributed by atoms with Crippen LogP contribution >= 0.6 is 0 Å². The molecule has 5 rings (SSSR count). The third kappa shape index (κ3) is 4.13. The molecule has 0 unspecified atom stereocenters. The van der Waals surface area contributed by atoms with Crippen molar-refractivity contribution in [2.24, 2.45) is 0 Å². The second kappa shape index (κ2) is 8.35. The molecule has 4 aromatic carbocycles. The normalized spacial score (nSPS) is 11.6. The summed E-state index contributed by atoms with van der Waals surface area (Å²) in [4.78, 5) is 12.9. The number of carbonyl (C=O) groups is 1. The second-order valence-corrected chi connectivity index (χ2v) is 9.89. The highest BCUT2D eigenvalue weighted by molar-refractivity contribution is 7.92. The first-order valence-corrected chi connectivity index (χ1v) is 12.2. The highest BCUT2D eigenvalue weighted by Gasteiger charge is 2.17. The Labute approximate surface area is 197 Å². The van der Waals surface area contributed by atoms with Gasteiger partial charge >= 0.3 is 0 Å². The molecule has 1 amide bonds. The largest absolute Gasteiger partial charge is 0.451 e. The molecule has 5 aromatic rings. The minimum Gasteiger partial charge on any atom is -0.451 e. The fraction of sp³-hybridized carbons (Fsp3) is 0.0741. The molecule has 1 heterocycles. The highest BCUT2D eigenvalue weighted by atomic mass is 32.2. The van der Waals surface area contributed by atoms with Crippen molar-refractivity contribution in [1.29, 1.82) is 0 Å².